The van der Waals surface area contributed by atoms with Gasteiger partial charge in [-0.05, 0) is 12.1 Å². The van der Waals surface area contributed by atoms with Crippen molar-refractivity contribution in [2.45, 2.75) is 13.3 Å². The zero-order valence-electron chi connectivity index (χ0n) is 13.5. The van der Waals surface area contributed by atoms with E-state index in [0.717, 1.165) is 11.1 Å². The van der Waals surface area contributed by atoms with Crippen LogP contribution in [0.15, 0.2) is 30.6 Å². The van der Waals surface area contributed by atoms with Gasteiger partial charge in [-0.3, -0.25) is 9.59 Å². The van der Waals surface area contributed by atoms with E-state index in [-0.39, 0.29) is 18.2 Å². The summed E-state index contributed by atoms with van der Waals surface area (Å²) < 4.78 is 6.81. The van der Waals surface area contributed by atoms with Crippen LogP contribution in [-0.4, -0.2) is 59.7 Å². The van der Waals surface area contributed by atoms with Gasteiger partial charge in [-0.1, -0.05) is 6.07 Å². The molecule has 0 unspecified atom stereocenters. The van der Waals surface area contributed by atoms with Crippen LogP contribution in [0.4, 0.5) is 0 Å². The highest BCUT2D eigenvalue weighted by Crippen LogP contribution is 2.11. The Balaban J connectivity index is 2.02. The summed E-state index contributed by atoms with van der Waals surface area (Å²) >= 11 is 0. The molecule has 0 aliphatic rings. The lowest BCUT2D eigenvalue weighted by Gasteiger charge is -2.22. The van der Waals surface area contributed by atoms with E-state index in [1.807, 2.05) is 24.4 Å². The number of pyridine rings is 1. The van der Waals surface area contributed by atoms with Crippen LogP contribution in [0.1, 0.15) is 12.5 Å². The van der Waals surface area contributed by atoms with Crippen molar-refractivity contribution in [3.05, 3.63) is 36.2 Å². The first-order valence-corrected chi connectivity index (χ1v) is 7.54. The van der Waals surface area contributed by atoms with Crippen molar-refractivity contribution in [1.29, 1.82) is 0 Å². The Labute approximate surface area is 135 Å². The van der Waals surface area contributed by atoms with E-state index in [2.05, 4.69) is 10.4 Å². The molecule has 0 bridgehead atoms. The van der Waals surface area contributed by atoms with E-state index < -0.39 is 0 Å². The predicted molar refractivity (Wildman–Crippen MR) is 86.0 cm³/mol. The smallest absolute Gasteiger partial charge is 0.227 e. The van der Waals surface area contributed by atoms with Gasteiger partial charge in [0.05, 0.1) is 24.7 Å². The quantitative estimate of drug-likeness (QED) is 0.768. The van der Waals surface area contributed by atoms with Crippen LogP contribution in [0.5, 0.6) is 0 Å². The summed E-state index contributed by atoms with van der Waals surface area (Å²) in [6, 6.07) is 5.75. The molecule has 0 atom stereocenters. The van der Waals surface area contributed by atoms with Gasteiger partial charge < -0.3 is 15.0 Å². The SMILES string of the molecule is COCCN(CCNC(C)=O)C(=O)Cc1cnn2ccccc12. The highest BCUT2D eigenvalue weighted by Gasteiger charge is 2.16. The minimum Gasteiger partial charge on any atom is -0.383 e. The van der Waals surface area contributed by atoms with Crippen molar-refractivity contribution in [2.24, 2.45) is 0 Å². The van der Waals surface area contributed by atoms with Gasteiger partial charge in [0.15, 0.2) is 0 Å². The number of carbonyl (C=O) groups excluding carboxylic acids is 2. The fourth-order valence-electron chi connectivity index (χ4n) is 2.33. The van der Waals surface area contributed by atoms with Crippen LogP contribution < -0.4 is 5.32 Å². The standard InChI is InChI=1S/C16H22N4O3/c1-13(21)17-6-8-19(9-10-23-2)16(22)11-14-12-18-20-7-4-3-5-15(14)20/h3-5,7,12H,6,8-11H2,1-2H3,(H,17,21). The second-order valence-corrected chi connectivity index (χ2v) is 5.23. The van der Waals surface area contributed by atoms with Crippen molar-refractivity contribution in [2.75, 3.05) is 33.4 Å². The number of methoxy groups -OCH3 is 1. The molecule has 23 heavy (non-hydrogen) atoms. The number of rotatable bonds is 8. The Morgan fingerprint density at radius 3 is 2.91 bits per heavy atom. The number of nitrogens with one attached hydrogen (secondary N) is 1. The molecule has 0 radical (unpaired) electrons. The maximum atomic E-state index is 12.6. The second kappa shape index (κ2) is 8.28. The molecule has 2 amide bonds. The largest absolute Gasteiger partial charge is 0.383 e. The minimum atomic E-state index is -0.105. The zero-order valence-corrected chi connectivity index (χ0v) is 13.5. The average molecular weight is 318 g/mol. The van der Waals surface area contributed by atoms with Gasteiger partial charge in [0, 0.05) is 45.4 Å². The normalized spacial score (nSPS) is 10.7. The first-order valence-electron chi connectivity index (χ1n) is 7.54. The number of fused-ring (bicyclic) bond motifs is 1. The average Bonchev–Trinajstić information content (AvgIpc) is 2.93. The van der Waals surface area contributed by atoms with Crippen molar-refractivity contribution < 1.29 is 14.3 Å². The number of hydrogen-bond acceptors (Lipinski definition) is 4. The zero-order chi connectivity index (χ0) is 16.7. The maximum Gasteiger partial charge on any atom is 0.227 e. The van der Waals surface area contributed by atoms with Gasteiger partial charge in [0.1, 0.15) is 0 Å². The Morgan fingerprint density at radius 1 is 1.35 bits per heavy atom. The number of hydrogen-bond donors (Lipinski definition) is 1. The molecule has 2 aromatic rings. The first-order chi connectivity index (χ1) is 11.1. The molecule has 0 aliphatic heterocycles. The molecule has 1 N–H and O–H groups in total. The fraction of sp³-hybridized carbons (Fsp3) is 0.438. The first kappa shape index (κ1) is 17.0. The van der Waals surface area contributed by atoms with Gasteiger partial charge in [-0.25, -0.2) is 4.52 Å². The molecule has 0 fully saturated rings. The van der Waals surface area contributed by atoms with Crippen molar-refractivity contribution in [1.82, 2.24) is 19.8 Å². The molecule has 0 saturated carbocycles. The molecule has 0 spiro atoms. The highest BCUT2D eigenvalue weighted by molar-refractivity contribution is 5.81. The maximum absolute atomic E-state index is 12.6. The molecule has 124 valence electrons. The van der Waals surface area contributed by atoms with E-state index in [0.29, 0.717) is 26.2 Å². The summed E-state index contributed by atoms with van der Waals surface area (Å²) in [5.41, 5.74) is 1.81. The Morgan fingerprint density at radius 2 is 2.17 bits per heavy atom. The monoisotopic (exact) mass is 318 g/mol. The molecule has 7 nitrogen and oxygen atoms in total. The van der Waals surface area contributed by atoms with Crippen LogP contribution in [-0.2, 0) is 20.7 Å². The van der Waals surface area contributed by atoms with Crippen LogP contribution in [0.3, 0.4) is 0 Å². The molecule has 2 heterocycles. The third-order valence-corrected chi connectivity index (χ3v) is 3.52. The number of nitrogens with zero attached hydrogens (tertiary/aromatic N) is 3. The lowest BCUT2D eigenvalue weighted by atomic mass is 10.2. The molecule has 0 aromatic carbocycles. The molecular weight excluding hydrogens is 296 g/mol. The topological polar surface area (TPSA) is 75.9 Å². The molecule has 0 aliphatic carbocycles. The van der Waals surface area contributed by atoms with Crippen LogP contribution in [0, 0.1) is 0 Å². The lowest BCUT2D eigenvalue weighted by molar-refractivity contribution is -0.131. The van der Waals surface area contributed by atoms with E-state index >= 15 is 0 Å². The Bertz CT molecular complexity index is 668. The third kappa shape index (κ3) is 4.79. The number of aromatic nitrogens is 2. The predicted octanol–water partition coefficient (Wildman–Crippen LogP) is 0.488. The summed E-state index contributed by atoms with van der Waals surface area (Å²) in [4.78, 5) is 25.2. The van der Waals surface area contributed by atoms with E-state index in [1.165, 1.54) is 6.92 Å². The minimum absolute atomic E-state index is 0.00819. The molecular formula is C16H22N4O3. The fourth-order valence-corrected chi connectivity index (χ4v) is 2.33. The Hall–Kier alpha value is -2.41. The highest BCUT2D eigenvalue weighted by atomic mass is 16.5. The van der Waals surface area contributed by atoms with E-state index in [4.69, 9.17) is 4.74 Å². The van der Waals surface area contributed by atoms with Crippen molar-refractivity contribution in [3.8, 4) is 0 Å². The molecule has 7 heteroatoms. The number of carbonyl (C=O) groups is 2. The summed E-state index contributed by atoms with van der Waals surface area (Å²) in [5, 5.41) is 6.95. The molecule has 2 rings (SSSR count). The molecule has 2 aromatic heterocycles. The summed E-state index contributed by atoms with van der Waals surface area (Å²) in [6.45, 7) is 3.30. The van der Waals surface area contributed by atoms with E-state index in [1.54, 1.807) is 22.7 Å². The molecule has 0 saturated heterocycles. The van der Waals surface area contributed by atoms with Crippen LogP contribution in [0.2, 0.25) is 0 Å². The number of amides is 2. The van der Waals surface area contributed by atoms with Crippen LogP contribution in [0.25, 0.3) is 5.52 Å². The van der Waals surface area contributed by atoms with E-state index in [9.17, 15) is 9.59 Å². The third-order valence-electron chi connectivity index (χ3n) is 3.52. The lowest BCUT2D eigenvalue weighted by Crippen LogP contribution is -2.40. The van der Waals surface area contributed by atoms with Gasteiger partial charge in [-0.2, -0.15) is 5.10 Å². The summed E-state index contributed by atoms with van der Waals surface area (Å²) in [6.07, 6.45) is 3.84. The van der Waals surface area contributed by atoms with Gasteiger partial charge >= 0.3 is 0 Å². The number of ether oxygens (including phenoxy) is 1. The summed E-state index contributed by atoms with van der Waals surface area (Å²) in [5.74, 6) is -0.113. The van der Waals surface area contributed by atoms with Crippen molar-refractivity contribution in [3.63, 3.8) is 0 Å². The van der Waals surface area contributed by atoms with Gasteiger partial charge in [0.25, 0.3) is 0 Å². The Kier molecular flexibility index (Phi) is 6.10. The van der Waals surface area contributed by atoms with Crippen molar-refractivity contribution >= 4 is 17.3 Å². The van der Waals surface area contributed by atoms with Gasteiger partial charge in [0.2, 0.25) is 11.8 Å². The van der Waals surface area contributed by atoms with Crippen LogP contribution >= 0.6 is 0 Å². The van der Waals surface area contributed by atoms with Gasteiger partial charge in [-0.15, -0.1) is 0 Å². The summed E-state index contributed by atoms with van der Waals surface area (Å²) in [7, 11) is 1.60. The second-order valence-electron chi connectivity index (χ2n) is 5.23.